The van der Waals surface area contributed by atoms with Gasteiger partial charge in [0.25, 0.3) is 11.1 Å². The molecule has 0 radical (unpaired) electrons. The number of aldehydes is 1. The molecule has 0 saturated carbocycles. The largest absolute Gasteiger partial charge is 0.466 e. The van der Waals surface area contributed by atoms with Gasteiger partial charge < -0.3 is 29.1 Å². The van der Waals surface area contributed by atoms with Crippen LogP contribution in [-0.4, -0.2) is 87.4 Å². The van der Waals surface area contributed by atoms with Gasteiger partial charge in [-0.2, -0.15) is 5.26 Å². The van der Waals surface area contributed by atoms with Crippen molar-refractivity contribution in [2.45, 2.75) is 57.4 Å². The highest BCUT2D eigenvalue weighted by molar-refractivity contribution is 5.94. The Morgan fingerprint density at radius 1 is 0.662 bits per heavy atom. The van der Waals surface area contributed by atoms with Crippen molar-refractivity contribution in [3.8, 4) is 28.4 Å². The monoisotopic (exact) mass is 953 g/mol. The fraction of sp³-hybridized carbons (Fsp3) is 0.263. The van der Waals surface area contributed by atoms with Crippen LogP contribution in [-0.2, 0) is 36.8 Å². The molecule has 364 valence electrons. The number of hydrogen-bond acceptors (Lipinski definition) is 12. The maximum Gasteiger partial charge on any atom is 0.320 e. The van der Waals surface area contributed by atoms with Gasteiger partial charge in [-0.25, -0.2) is 9.97 Å². The summed E-state index contributed by atoms with van der Waals surface area (Å²) in [5.41, 5.74) is 5.76. The number of aromatic amines is 2. The molecule has 2 aliphatic heterocycles. The molecule has 3 unspecified atom stereocenters. The number of benzene rings is 5. The van der Waals surface area contributed by atoms with E-state index in [1.165, 1.54) is 5.56 Å². The molecule has 2 aromatic heterocycles. The third kappa shape index (κ3) is 15.9. The molecule has 71 heavy (non-hydrogen) atoms. The van der Waals surface area contributed by atoms with Crippen LogP contribution >= 0.6 is 0 Å². The van der Waals surface area contributed by atoms with Crippen molar-refractivity contribution in [1.29, 1.82) is 5.26 Å². The van der Waals surface area contributed by atoms with Crippen LogP contribution in [0.25, 0.3) is 22.3 Å². The fourth-order valence-corrected chi connectivity index (χ4v) is 8.13. The molecule has 0 amide bonds. The topological polar surface area (TPSA) is 191 Å². The number of nitrogens with zero attached hydrogens (tertiary/aromatic N) is 5. The number of rotatable bonds is 13. The summed E-state index contributed by atoms with van der Waals surface area (Å²) in [7, 11) is 0. The normalized spacial score (nSPS) is 15.2. The fourth-order valence-electron chi connectivity index (χ4n) is 8.13. The Bertz CT molecular complexity index is 2890. The lowest BCUT2D eigenvalue weighted by Gasteiger charge is -2.16. The number of H-pyrrole nitrogens is 2. The van der Waals surface area contributed by atoms with E-state index in [-0.39, 0.29) is 29.6 Å². The van der Waals surface area contributed by atoms with Gasteiger partial charge in [-0.1, -0.05) is 152 Å². The molecule has 14 heteroatoms. The van der Waals surface area contributed by atoms with Crippen molar-refractivity contribution in [3.63, 3.8) is 0 Å². The highest BCUT2D eigenvalue weighted by Gasteiger charge is 2.27. The lowest BCUT2D eigenvalue weighted by atomic mass is 10.0. The van der Waals surface area contributed by atoms with Gasteiger partial charge in [0.1, 0.15) is 23.9 Å². The third-order valence-corrected chi connectivity index (χ3v) is 11.8. The van der Waals surface area contributed by atoms with Gasteiger partial charge in [-0.15, -0.1) is 0 Å². The smallest absolute Gasteiger partial charge is 0.320 e. The molecule has 9 rings (SSSR count). The van der Waals surface area contributed by atoms with Crippen LogP contribution in [0.15, 0.2) is 174 Å². The molecule has 2 aliphatic rings. The van der Waals surface area contributed by atoms with E-state index in [1.54, 1.807) is 48.5 Å². The predicted octanol–water partition coefficient (Wildman–Crippen LogP) is 8.46. The van der Waals surface area contributed by atoms with Crippen molar-refractivity contribution in [2.24, 2.45) is 0 Å². The molecule has 0 aliphatic carbocycles. The van der Waals surface area contributed by atoms with Crippen LogP contribution < -0.4 is 11.1 Å². The standard InChI is InChI=1S/C21H21N3O.C15H14N4O.C11H12O3.C10H12O2/c25-21-19(17-9-5-2-6-10-17)13-22-20(23-21)18-11-12-24(15-18)14-16-7-3-1-4-8-16;16-10-19-7-6-12(9-19)14-17-8-13(15(20)18-14)11-4-2-1-3-5-11;1-2-14-11(13)10(8-12)9-6-4-3-5-7-9;1-2-12-10(11)8-9-6-4-3-5-7-9/h1-10,13,18H,11-12,14-15H2,(H,22,23,25);1-5,8,12H,6-7,9H2,(H,17,18,20);3-8,10H,2H2,1H3;3-7H,2,8H2,1H3. The second kappa shape index (κ2) is 27.6. The Balaban J connectivity index is 0.000000162. The van der Waals surface area contributed by atoms with Crippen LogP contribution in [0.5, 0.6) is 0 Å². The van der Waals surface area contributed by atoms with Crippen molar-refractivity contribution in [1.82, 2.24) is 29.7 Å². The molecule has 14 nitrogen and oxygen atoms in total. The number of likely N-dealkylation sites (tertiary alicyclic amines) is 2. The van der Waals surface area contributed by atoms with E-state index in [9.17, 15) is 24.0 Å². The minimum absolute atomic E-state index is 0.0577. The molecule has 0 bridgehead atoms. The van der Waals surface area contributed by atoms with Gasteiger partial charge in [0.05, 0.1) is 30.8 Å². The number of carbonyl (C=O) groups is 3. The van der Waals surface area contributed by atoms with E-state index in [0.717, 1.165) is 61.5 Å². The molecular weight excluding hydrogens is 895 g/mol. The van der Waals surface area contributed by atoms with Crippen molar-refractivity contribution >= 4 is 18.2 Å². The molecule has 2 saturated heterocycles. The zero-order valence-corrected chi connectivity index (χ0v) is 40.1. The van der Waals surface area contributed by atoms with Crippen LogP contribution in [0, 0.1) is 11.5 Å². The second-order valence-corrected chi connectivity index (χ2v) is 16.7. The lowest BCUT2D eigenvalue weighted by Crippen LogP contribution is -2.21. The highest BCUT2D eigenvalue weighted by Crippen LogP contribution is 2.27. The Hall–Kier alpha value is -8.28. The molecule has 5 aromatic carbocycles. The van der Waals surface area contributed by atoms with Gasteiger partial charge in [0.15, 0.2) is 6.19 Å². The summed E-state index contributed by atoms with van der Waals surface area (Å²) in [6.45, 7) is 8.53. The number of nitrogens with one attached hydrogen (secondary N) is 2. The summed E-state index contributed by atoms with van der Waals surface area (Å²) in [5, 5.41) is 8.86. The average Bonchev–Trinajstić information content (AvgIpc) is 4.10. The van der Waals surface area contributed by atoms with Crippen molar-refractivity contribution in [2.75, 3.05) is 39.4 Å². The van der Waals surface area contributed by atoms with E-state index in [0.29, 0.717) is 54.3 Å². The molecule has 4 heterocycles. The van der Waals surface area contributed by atoms with Crippen LogP contribution in [0.2, 0.25) is 0 Å². The van der Waals surface area contributed by atoms with E-state index in [2.05, 4.69) is 55.3 Å². The Morgan fingerprint density at radius 3 is 1.59 bits per heavy atom. The van der Waals surface area contributed by atoms with Gasteiger partial charge >= 0.3 is 11.9 Å². The first-order valence-corrected chi connectivity index (χ1v) is 23.8. The molecule has 0 spiro atoms. The zero-order chi connectivity index (χ0) is 50.2. The average molecular weight is 954 g/mol. The molecule has 7 aromatic rings. The first-order valence-electron chi connectivity index (χ1n) is 23.8. The Kier molecular flexibility index (Phi) is 20.3. The minimum Gasteiger partial charge on any atom is -0.466 e. The van der Waals surface area contributed by atoms with E-state index < -0.39 is 11.9 Å². The Morgan fingerprint density at radius 2 is 1.13 bits per heavy atom. The maximum absolute atomic E-state index is 12.5. The van der Waals surface area contributed by atoms with Gasteiger partial charge in [0, 0.05) is 50.4 Å². The molecule has 2 fully saturated rings. The highest BCUT2D eigenvalue weighted by atomic mass is 16.5. The molecule has 3 atom stereocenters. The summed E-state index contributed by atoms with van der Waals surface area (Å²) >= 11 is 0. The second-order valence-electron chi connectivity index (χ2n) is 16.7. The maximum atomic E-state index is 12.5. The number of nitriles is 1. The van der Waals surface area contributed by atoms with Gasteiger partial charge in [-0.3, -0.25) is 24.1 Å². The van der Waals surface area contributed by atoms with Crippen molar-refractivity contribution in [3.05, 3.63) is 213 Å². The SMILES string of the molecule is CCOC(=O)C(C=O)c1ccccc1.CCOC(=O)Cc1ccccc1.N#CN1CCC(c2ncc(-c3ccccc3)c(=O)[nH]2)C1.O=c1[nH]c(C2CCN(Cc3ccccc3)C2)ncc1-c1ccccc1. The molecular formula is C57H59N7O7. The summed E-state index contributed by atoms with van der Waals surface area (Å²) in [5.74, 6) is 0.453. The van der Waals surface area contributed by atoms with Crippen LogP contribution in [0.3, 0.4) is 0 Å². The quantitative estimate of drug-likeness (QED) is 0.0486. The summed E-state index contributed by atoms with van der Waals surface area (Å²) in [6, 6.07) is 48.1. The lowest BCUT2D eigenvalue weighted by molar-refractivity contribution is -0.146. The van der Waals surface area contributed by atoms with Crippen LogP contribution in [0.4, 0.5) is 0 Å². The first kappa shape index (κ1) is 52.1. The number of ether oxygens (including phenoxy) is 2. The number of carbonyl (C=O) groups excluding carboxylic acids is 3. The summed E-state index contributed by atoms with van der Waals surface area (Å²) in [4.78, 5) is 76.6. The van der Waals surface area contributed by atoms with Crippen LogP contribution in [0.1, 0.15) is 72.8 Å². The molecule has 2 N–H and O–H groups in total. The van der Waals surface area contributed by atoms with E-state index in [1.807, 2.05) is 110 Å². The van der Waals surface area contributed by atoms with E-state index >= 15 is 0 Å². The minimum atomic E-state index is -0.795. The van der Waals surface area contributed by atoms with Gasteiger partial charge in [0.2, 0.25) is 0 Å². The third-order valence-electron chi connectivity index (χ3n) is 11.8. The van der Waals surface area contributed by atoms with E-state index in [4.69, 9.17) is 14.7 Å². The number of esters is 2. The Labute approximate surface area is 414 Å². The van der Waals surface area contributed by atoms with Crippen molar-refractivity contribution < 1.29 is 23.9 Å². The summed E-state index contributed by atoms with van der Waals surface area (Å²) < 4.78 is 9.59. The number of hydrogen-bond donors (Lipinski definition) is 2. The summed E-state index contributed by atoms with van der Waals surface area (Å²) in [6.07, 6.45) is 8.32. The number of aromatic nitrogens is 4. The van der Waals surface area contributed by atoms with Gasteiger partial charge in [-0.05, 0) is 61.1 Å². The first-order chi connectivity index (χ1) is 34.7. The predicted molar refractivity (Wildman–Crippen MR) is 273 cm³/mol. The zero-order valence-electron chi connectivity index (χ0n) is 40.1.